The standard InChI is InChI=1S/C21H25N3O5.C20H23N3O6.CH4.ClH/c1-3-18(20(26)27)23-19(25)17-9-11-24(12-10-17)14-29-21(28)22-15(2)13-16-7-5-4-6-8-16;1-14(11-15-5-3-2-4-6-15)21-20(28)29-13-23-9-7-16(8-10-23)18(25)22-17(12-24)19(26)27;;/h4-12,15,18H,3,13-14H2,1-2H3,(H2-,22,23,25,26,27,28);2-10,14,17,24H,11-13H2,1H3,(H2-,21,22,25,26,27,28);1H4;1H/p+1/t15-,18-;14-,17-;;/m00../s1. The van der Waals surface area contributed by atoms with Crippen LogP contribution in [0.3, 0.4) is 0 Å². The molecule has 0 saturated heterocycles. The van der Waals surface area contributed by atoms with Crippen molar-refractivity contribution < 1.29 is 75.1 Å². The quantitative estimate of drug-likeness (QED) is 0.0658. The van der Waals surface area contributed by atoms with Gasteiger partial charge in [-0.05, 0) is 44.2 Å². The molecule has 18 heteroatoms. The molecule has 2 heterocycles. The molecule has 7 N–H and O–H groups in total. The minimum Gasteiger partial charge on any atom is -1.00 e. The third-order valence-electron chi connectivity index (χ3n) is 8.29. The van der Waals surface area contributed by atoms with Crippen LogP contribution in [0.15, 0.2) is 110 Å². The van der Waals surface area contributed by atoms with E-state index in [0.717, 1.165) is 11.1 Å². The Kier molecular flexibility index (Phi) is 23.3. The van der Waals surface area contributed by atoms with Crippen LogP contribution in [0.1, 0.15) is 66.5 Å². The Morgan fingerprint density at radius 2 is 0.933 bits per heavy atom. The molecule has 0 aliphatic rings. The Bertz CT molecular complexity index is 1800. The van der Waals surface area contributed by atoms with E-state index in [1.54, 1.807) is 28.5 Å². The Morgan fingerprint density at radius 3 is 1.25 bits per heavy atom. The molecule has 0 unspecified atom stereocenters. The van der Waals surface area contributed by atoms with Crippen molar-refractivity contribution in [3.8, 4) is 0 Å². The van der Waals surface area contributed by atoms with E-state index in [4.69, 9.17) is 24.8 Å². The molecule has 0 radical (unpaired) electrons. The van der Waals surface area contributed by atoms with E-state index >= 15 is 0 Å². The van der Waals surface area contributed by atoms with E-state index in [0.29, 0.717) is 24.8 Å². The van der Waals surface area contributed by atoms with E-state index < -0.39 is 54.6 Å². The summed E-state index contributed by atoms with van der Waals surface area (Å²) >= 11 is 0. The maximum absolute atomic E-state index is 12.1. The lowest BCUT2D eigenvalue weighted by Crippen LogP contribution is -3.00. The smallest absolute Gasteiger partial charge is 0.412 e. The van der Waals surface area contributed by atoms with Gasteiger partial charge in [0.15, 0.2) is 30.8 Å². The van der Waals surface area contributed by atoms with Crippen LogP contribution in [-0.4, -0.2) is 82.0 Å². The minimum atomic E-state index is -1.38. The number of carbonyl (C=O) groups is 6. The number of ether oxygens (including phenoxy) is 2. The molecule has 4 amide bonds. The van der Waals surface area contributed by atoms with Gasteiger partial charge in [0.1, 0.15) is 6.04 Å². The summed E-state index contributed by atoms with van der Waals surface area (Å²) in [5, 5.41) is 37.0. The van der Waals surface area contributed by atoms with Crippen LogP contribution in [0.4, 0.5) is 9.59 Å². The average molecular weight is 854 g/mol. The van der Waals surface area contributed by atoms with Gasteiger partial charge in [-0.1, -0.05) is 75.0 Å². The highest BCUT2D eigenvalue weighted by Gasteiger charge is 2.21. The van der Waals surface area contributed by atoms with Crippen molar-refractivity contribution in [2.45, 2.75) is 85.1 Å². The van der Waals surface area contributed by atoms with Crippen LogP contribution in [0.5, 0.6) is 0 Å². The summed E-state index contributed by atoms with van der Waals surface area (Å²) in [7, 11) is 0. The molecule has 0 spiro atoms. The molecule has 2 aromatic heterocycles. The number of carbonyl (C=O) groups excluding carboxylic acids is 4. The Labute approximate surface area is 355 Å². The number of hydrogen-bond donors (Lipinski definition) is 7. The lowest BCUT2D eigenvalue weighted by Gasteiger charge is -2.13. The number of halogens is 1. The van der Waals surface area contributed by atoms with Crippen molar-refractivity contribution in [1.82, 2.24) is 21.3 Å². The fraction of sp³-hybridized carbons (Fsp3) is 0.333. The van der Waals surface area contributed by atoms with Gasteiger partial charge < -0.3 is 58.5 Å². The molecule has 324 valence electrons. The molecular formula is C42H54ClN6O11+. The summed E-state index contributed by atoms with van der Waals surface area (Å²) in [6.07, 6.45) is 6.77. The van der Waals surface area contributed by atoms with Crippen LogP contribution >= 0.6 is 0 Å². The van der Waals surface area contributed by atoms with Crippen molar-refractivity contribution in [3.63, 3.8) is 0 Å². The van der Waals surface area contributed by atoms with E-state index in [1.165, 1.54) is 36.7 Å². The van der Waals surface area contributed by atoms with Gasteiger partial charge in [-0.3, -0.25) is 9.59 Å². The van der Waals surface area contributed by atoms with E-state index in [-0.39, 0.29) is 50.9 Å². The Balaban J connectivity index is 0.000000581. The highest BCUT2D eigenvalue weighted by Crippen LogP contribution is 2.05. The van der Waals surface area contributed by atoms with E-state index in [9.17, 15) is 28.8 Å². The molecule has 0 aliphatic heterocycles. The predicted molar refractivity (Wildman–Crippen MR) is 214 cm³/mol. The van der Waals surface area contributed by atoms with Crippen LogP contribution < -0.4 is 42.8 Å². The van der Waals surface area contributed by atoms with Crippen molar-refractivity contribution >= 4 is 35.9 Å². The summed E-state index contributed by atoms with van der Waals surface area (Å²) < 4.78 is 13.5. The van der Waals surface area contributed by atoms with Crippen LogP contribution in [-0.2, 0) is 45.4 Å². The average Bonchev–Trinajstić information content (AvgIpc) is 3.21. The summed E-state index contributed by atoms with van der Waals surface area (Å²) in [5.74, 6) is -3.51. The number of pyridine rings is 2. The maximum atomic E-state index is 12.1. The van der Waals surface area contributed by atoms with Gasteiger partial charge in [0, 0.05) is 36.3 Å². The molecule has 0 fully saturated rings. The topological polar surface area (TPSA) is 237 Å². The number of aliphatic hydroxyl groups excluding tert-OH is 1. The highest BCUT2D eigenvalue weighted by molar-refractivity contribution is 5.97. The number of carboxylic acids is 2. The summed E-state index contributed by atoms with van der Waals surface area (Å²) in [4.78, 5) is 69.8. The number of aliphatic hydroxyl groups is 1. The Morgan fingerprint density at radius 1 is 0.583 bits per heavy atom. The molecule has 0 aliphatic carbocycles. The number of nitrogens with zero attached hydrogens (tertiary/aromatic N) is 2. The fourth-order valence-electron chi connectivity index (χ4n) is 5.19. The van der Waals surface area contributed by atoms with Crippen molar-refractivity contribution in [2.24, 2.45) is 0 Å². The first kappa shape index (κ1) is 51.4. The number of aromatic nitrogens is 2. The van der Waals surface area contributed by atoms with E-state index in [1.807, 2.05) is 74.5 Å². The molecule has 4 atom stereocenters. The van der Waals surface area contributed by atoms with Gasteiger partial charge in [-0.2, -0.15) is 9.13 Å². The maximum Gasteiger partial charge on any atom is 0.412 e. The third-order valence-corrected chi connectivity index (χ3v) is 8.29. The monoisotopic (exact) mass is 853 g/mol. The Hall–Kier alpha value is -6.59. The fourth-order valence-corrected chi connectivity index (χ4v) is 5.19. The second-order valence-electron chi connectivity index (χ2n) is 13.1. The number of nitrogens with one attached hydrogen (secondary N) is 4. The number of carboxylic acid groups (broad SMARTS) is 2. The largest absolute Gasteiger partial charge is 1.00 e. The highest BCUT2D eigenvalue weighted by atomic mass is 35.5. The number of benzene rings is 2. The summed E-state index contributed by atoms with van der Waals surface area (Å²) in [6, 6.07) is 23.1. The summed E-state index contributed by atoms with van der Waals surface area (Å²) in [6.45, 7) is 4.68. The van der Waals surface area contributed by atoms with Gasteiger partial charge in [-0.25, -0.2) is 19.2 Å². The molecule has 17 nitrogen and oxygen atoms in total. The molecule has 0 bridgehead atoms. The first-order valence-corrected chi connectivity index (χ1v) is 18.4. The normalized spacial score (nSPS) is 12.1. The molecule has 2 aromatic carbocycles. The molecule has 60 heavy (non-hydrogen) atoms. The van der Waals surface area contributed by atoms with Gasteiger partial charge in [-0.15, -0.1) is 0 Å². The number of aliphatic carboxylic acids is 2. The molecule has 4 rings (SSSR count). The van der Waals surface area contributed by atoms with E-state index in [2.05, 4.69) is 21.3 Å². The number of hydrogen-bond acceptors (Lipinski definition) is 9. The molecule has 4 aromatic rings. The second-order valence-corrected chi connectivity index (χ2v) is 13.1. The summed E-state index contributed by atoms with van der Waals surface area (Å²) in [5.41, 5.74) is 2.76. The van der Waals surface area contributed by atoms with Gasteiger partial charge in [0.25, 0.3) is 25.3 Å². The first-order chi connectivity index (χ1) is 27.8. The van der Waals surface area contributed by atoms with Crippen LogP contribution in [0, 0.1) is 0 Å². The number of rotatable bonds is 18. The third kappa shape index (κ3) is 18.8. The molecule has 0 saturated carbocycles. The van der Waals surface area contributed by atoms with Gasteiger partial charge in [0.2, 0.25) is 0 Å². The van der Waals surface area contributed by atoms with Crippen LogP contribution in [0.25, 0.3) is 0 Å². The number of alkyl carbamates (subject to hydrolysis) is 2. The number of amides is 4. The lowest BCUT2D eigenvalue weighted by atomic mass is 10.1. The van der Waals surface area contributed by atoms with Gasteiger partial charge in [0.05, 0.1) is 17.7 Å². The molecular weight excluding hydrogens is 800 g/mol. The predicted octanol–water partition coefficient (Wildman–Crippen LogP) is -0.0136. The first-order valence-electron chi connectivity index (χ1n) is 18.4. The minimum absolute atomic E-state index is 0. The lowest BCUT2D eigenvalue weighted by molar-refractivity contribution is -0.727. The second kappa shape index (κ2) is 27.2. The zero-order valence-corrected chi connectivity index (χ0v) is 33.6. The SMILES string of the molecule is C.CC[C@H](NC(=O)c1cc[n+](COC(=O)N[C@@H](C)Cc2ccccc2)cc1)C(=O)O.C[C@@H](Cc1ccccc1)NC(=O)OC[n+]1ccc(C(=O)N[C@@H](CO)C(=O)O)cc1.[Cl-]. The zero-order chi connectivity index (χ0) is 42.5. The van der Waals surface area contributed by atoms with Crippen molar-refractivity contribution in [3.05, 3.63) is 132 Å². The van der Waals surface area contributed by atoms with Crippen molar-refractivity contribution in [2.75, 3.05) is 6.61 Å². The van der Waals surface area contributed by atoms with Crippen molar-refractivity contribution in [1.29, 1.82) is 0 Å². The zero-order valence-electron chi connectivity index (χ0n) is 32.8. The van der Waals surface area contributed by atoms with Gasteiger partial charge >= 0.3 is 24.1 Å². The van der Waals surface area contributed by atoms with Crippen LogP contribution in [0.2, 0.25) is 0 Å².